The van der Waals surface area contributed by atoms with Gasteiger partial charge in [0.05, 0.1) is 11.5 Å². The van der Waals surface area contributed by atoms with Gasteiger partial charge in [0.1, 0.15) is 5.75 Å². The zero-order valence-electron chi connectivity index (χ0n) is 16.0. The standard InChI is InChI=1S/C19H23ClNO6PS/c1-12(11-26-28(24,25)27-21)3-4-14-5-7-16(10-17(14)20)29-19-9-15(13(2)22)6-8-18(19)23/h5-10,12,23H,3-4,11,21H2,1-2H3,(H,24,25). The molecule has 0 saturated heterocycles. The summed E-state index contributed by atoms with van der Waals surface area (Å²) in [5.74, 6) is 4.70. The van der Waals surface area contributed by atoms with Crippen molar-refractivity contribution in [2.24, 2.45) is 11.8 Å². The number of carbonyl (C=O) groups is 1. The monoisotopic (exact) mass is 459 g/mol. The van der Waals surface area contributed by atoms with Gasteiger partial charge in [-0.2, -0.15) is 0 Å². The van der Waals surface area contributed by atoms with Gasteiger partial charge in [-0.25, -0.2) is 15.1 Å². The molecule has 0 bridgehead atoms. The number of ketones is 1. The molecule has 158 valence electrons. The molecule has 0 aliphatic rings. The number of aryl methyl sites for hydroxylation is 1. The van der Waals surface area contributed by atoms with Crippen LogP contribution < -0.4 is 5.90 Å². The molecule has 0 heterocycles. The van der Waals surface area contributed by atoms with Crippen LogP contribution in [0.4, 0.5) is 0 Å². The van der Waals surface area contributed by atoms with Crippen LogP contribution in [-0.2, 0) is 20.1 Å². The largest absolute Gasteiger partial charge is 0.507 e. The van der Waals surface area contributed by atoms with Crippen molar-refractivity contribution in [1.29, 1.82) is 0 Å². The van der Waals surface area contributed by atoms with E-state index in [2.05, 4.69) is 10.5 Å². The molecule has 0 aliphatic heterocycles. The Labute approximate surface area is 178 Å². The quantitative estimate of drug-likeness (QED) is 0.258. The zero-order valence-corrected chi connectivity index (χ0v) is 18.5. The number of phenols is 1. The Bertz CT molecular complexity index is 926. The lowest BCUT2D eigenvalue weighted by molar-refractivity contribution is 0.101. The minimum absolute atomic E-state index is 0.0120. The molecule has 2 aromatic carbocycles. The van der Waals surface area contributed by atoms with Crippen LogP contribution in [0.3, 0.4) is 0 Å². The highest BCUT2D eigenvalue weighted by Gasteiger charge is 2.20. The van der Waals surface area contributed by atoms with Crippen LogP contribution in [0.2, 0.25) is 5.02 Å². The minimum atomic E-state index is -4.18. The fourth-order valence-corrected chi connectivity index (χ4v) is 4.24. The number of rotatable bonds is 10. The predicted octanol–water partition coefficient (Wildman–Crippen LogP) is 4.98. The average molecular weight is 460 g/mol. The number of phosphoric acid groups is 1. The normalized spacial score (nSPS) is 14.4. The van der Waals surface area contributed by atoms with Gasteiger partial charge >= 0.3 is 7.82 Å². The highest BCUT2D eigenvalue weighted by atomic mass is 35.5. The van der Waals surface area contributed by atoms with Gasteiger partial charge in [-0.05, 0) is 61.6 Å². The highest BCUT2D eigenvalue weighted by Crippen LogP contribution is 2.41. The van der Waals surface area contributed by atoms with Gasteiger partial charge in [0, 0.05) is 15.5 Å². The van der Waals surface area contributed by atoms with E-state index < -0.39 is 7.82 Å². The Morgan fingerprint density at radius 3 is 2.66 bits per heavy atom. The smallest absolute Gasteiger partial charge is 0.488 e. The first-order valence-electron chi connectivity index (χ1n) is 8.77. The number of phenolic OH excluding ortho intramolecular Hbond substituents is 1. The molecule has 0 aliphatic carbocycles. The van der Waals surface area contributed by atoms with Gasteiger partial charge in [0.15, 0.2) is 5.78 Å². The summed E-state index contributed by atoms with van der Waals surface area (Å²) in [6.45, 7) is 3.38. The number of nitrogens with two attached hydrogens (primary N) is 1. The zero-order chi connectivity index (χ0) is 21.6. The first-order valence-corrected chi connectivity index (χ1v) is 11.5. The van der Waals surface area contributed by atoms with Crippen molar-refractivity contribution in [3.8, 4) is 5.75 Å². The predicted molar refractivity (Wildman–Crippen MR) is 112 cm³/mol. The molecule has 2 atom stereocenters. The highest BCUT2D eigenvalue weighted by molar-refractivity contribution is 7.99. The number of hydrogen-bond acceptors (Lipinski definition) is 7. The van der Waals surface area contributed by atoms with Crippen LogP contribution in [0.1, 0.15) is 36.2 Å². The van der Waals surface area contributed by atoms with Crippen LogP contribution >= 0.6 is 31.2 Å². The third kappa shape index (κ3) is 7.42. The van der Waals surface area contributed by atoms with Crippen LogP contribution in [0.5, 0.6) is 5.75 Å². The molecule has 4 N–H and O–H groups in total. The number of aromatic hydroxyl groups is 1. The molecular weight excluding hydrogens is 437 g/mol. The van der Waals surface area contributed by atoms with Gasteiger partial charge in [-0.1, -0.05) is 36.4 Å². The number of phosphoric ester groups is 1. The maximum absolute atomic E-state index is 11.5. The fourth-order valence-electron chi connectivity index (χ4n) is 2.47. The first-order chi connectivity index (χ1) is 13.6. The average Bonchev–Trinajstić information content (AvgIpc) is 2.67. The number of hydrogen-bond donors (Lipinski definition) is 3. The van der Waals surface area contributed by atoms with Crippen molar-refractivity contribution >= 4 is 37.0 Å². The molecule has 0 aromatic heterocycles. The van der Waals surface area contributed by atoms with Gasteiger partial charge < -0.3 is 10.00 Å². The second-order valence-electron chi connectivity index (χ2n) is 6.61. The van der Waals surface area contributed by atoms with Gasteiger partial charge in [-0.15, -0.1) is 0 Å². The molecular formula is C19H23ClNO6PS. The van der Waals surface area contributed by atoms with E-state index in [-0.39, 0.29) is 24.1 Å². The molecule has 0 amide bonds. The van der Waals surface area contributed by atoms with Gasteiger partial charge in [0.2, 0.25) is 0 Å². The van der Waals surface area contributed by atoms with Crippen LogP contribution in [-0.4, -0.2) is 22.4 Å². The molecule has 0 spiro atoms. The molecule has 2 rings (SSSR count). The molecule has 0 radical (unpaired) electrons. The summed E-state index contributed by atoms with van der Waals surface area (Å²) in [7, 11) is -4.18. The Balaban J connectivity index is 1.99. The molecule has 0 saturated carbocycles. The molecule has 7 nitrogen and oxygen atoms in total. The van der Waals surface area contributed by atoms with E-state index in [1.165, 1.54) is 24.8 Å². The van der Waals surface area contributed by atoms with Crippen molar-refractivity contribution in [2.45, 2.75) is 36.5 Å². The minimum Gasteiger partial charge on any atom is -0.507 e. The van der Waals surface area contributed by atoms with Gasteiger partial charge in [-0.3, -0.25) is 9.32 Å². The Kier molecular flexibility index (Phi) is 8.73. The Morgan fingerprint density at radius 2 is 2.03 bits per heavy atom. The number of benzene rings is 2. The van der Waals surface area contributed by atoms with E-state index in [1.807, 2.05) is 19.1 Å². The summed E-state index contributed by atoms with van der Waals surface area (Å²) >= 11 is 7.71. The number of halogens is 1. The summed E-state index contributed by atoms with van der Waals surface area (Å²) in [6.07, 6.45) is 1.33. The van der Waals surface area contributed by atoms with Crippen LogP contribution in [0, 0.1) is 5.92 Å². The van der Waals surface area contributed by atoms with E-state index >= 15 is 0 Å². The summed E-state index contributed by atoms with van der Waals surface area (Å²) in [5.41, 5.74) is 1.45. The van der Waals surface area contributed by atoms with Crippen molar-refractivity contribution in [3.63, 3.8) is 0 Å². The van der Waals surface area contributed by atoms with Crippen LogP contribution in [0.15, 0.2) is 46.2 Å². The SMILES string of the molecule is CC(=O)c1ccc(O)c(Sc2ccc(CCC(C)COP(=O)(O)ON)c(Cl)c2)c1. The van der Waals surface area contributed by atoms with Crippen LogP contribution in [0.25, 0.3) is 0 Å². The third-order valence-electron chi connectivity index (χ3n) is 4.18. The topological polar surface area (TPSA) is 119 Å². The summed E-state index contributed by atoms with van der Waals surface area (Å²) in [6, 6.07) is 10.3. The molecule has 2 unspecified atom stereocenters. The second-order valence-corrected chi connectivity index (χ2v) is 9.54. The summed E-state index contributed by atoms with van der Waals surface area (Å²) in [5, 5.41) is 10.6. The molecule has 2 aromatic rings. The van der Waals surface area contributed by atoms with E-state index in [0.717, 1.165) is 10.5 Å². The number of carbonyl (C=O) groups excluding carboxylic acids is 1. The van der Waals surface area contributed by atoms with E-state index in [4.69, 9.17) is 21.0 Å². The maximum atomic E-state index is 11.5. The summed E-state index contributed by atoms with van der Waals surface area (Å²) in [4.78, 5) is 22.1. The lowest BCUT2D eigenvalue weighted by Gasteiger charge is -2.14. The molecule has 29 heavy (non-hydrogen) atoms. The lowest BCUT2D eigenvalue weighted by atomic mass is 10.0. The van der Waals surface area contributed by atoms with E-state index in [0.29, 0.717) is 28.3 Å². The maximum Gasteiger partial charge on any atom is 0.488 e. The van der Waals surface area contributed by atoms with E-state index in [9.17, 15) is 14.5 Å². The molecule has 0 fully saturated rings. The lowest BCUT2D eigenvalue weighted by Crippen LogP contribution is -2.08. The Morgan fingerprint density at radius 1 is 1.31 bits per heavy atom. The van der Waals surface area contributed by atoms with Crippen molar-refractivity contribution < 1.29 is 28.5 Å². The second kappa shape index (κ2) is 10.6. The van der Waals surface area contributed by atoms with Crippen molar-refractivity contribution in [1.82, 2.24) is 0 Å². The first kappa shape index (κ1) is 23.9. The fraction of sp³-hybridized carbons (Fsp3) is 0.316. The summed E-state index contributed by atoms with van der Waals surface area (Å²) < 4.78 is 19.9. The Hall–Kier alpha value is -1.38. The van der Waals surface area contributed by atoms with Crippen molar-refractivity contribution in [3.05, 3.63) is 52.5 Å². The van der Waals surface area contributed by atoms with Gasteiger partial charge in [0.25, 0.3) is 0 Å². The molecule has 10 heteroatoms. The number of Topliss-reactive ketones (excluding diaryl/α,β-unsaturated/α-hetero) is 1. The van der Waals surface area contributed by atoms with Crippen molar-refractivity contribution in [2.75, 3.05) is 6.61 Å². The third-order valence-corrected chi connectivity index (χ3v) is 6.31. The van der Waals surface area contributed by atoms with E-state index in [1.54, 1.807) is 18.2 Å².